The molecule has 130 valence electrons. The van der Waals surface area contributed by atoms with Crippen LogP contribution in [0.15, 0.2) is 12.3 Å². The summed E-state index contributed by atoms with van der Waals surface area (Å²) in [7, 11) is 4.04. The molecule has 0 bridgehead atoms. The van der Waals surface area contributed by atoms with Crippen molar-refractivity contribution in [3.63, 3.8) is 0 Å². The van der Waals surface area contributed by atoms with Crippen molar-refractivity contribution in [3.8, 4) is 0 Å². The second-order valence-electron chi connectivity index (χ2n) is 5.41. The first-order chi connectivity index (χ1) is 9.47. The average Bonchev–Trinajstić information content (AvgIpc) is 2.87. The Bertz CT molecular complexity index is 424. The number of carbonyl (C=O) groups excluding carboxylic acids is 1. The van der Waals surface area contributed by atoms with Crippen molar-refractivity contribution in [3.05, 3.63) is 12.3 Å². The molecular weight excluding hydrogens is 325 g/mol. The lowest BCUT2D eigenvalue weighted by Crippen LogP contribution is -2.41. The average molecular weight is 354 g/mol. The summed E-state index contributed by atoms with van der Waals surface area (Å²) < 4.78 is 1.83. The molecule has 22 heavy (non-hydrogen) atoms. The highest BCUT2D eigenvalue weighted by Gasteiger charge is 2.33. The van der Waals surface area contributed by atoms with E-state index in [0.717, 1.165) is 25.9 Å². The van der Waals surface area contributed by atoms with Gasteiger partial charge in [0.05, 0.1) is 12.0 Å². The number of likely N-dealkylation sites (N-methyl/N-ethyl adjacent to an activating group) is 1. The number of nitrogens with zero attached hydrogens (tertiary/aromatic N) is 3. The molecule has 3 N–H and O–H groups in total. The fourth-order valence-electron chi connectivity index (χ4n) is 2.06. The number of amides is 1. The first-order valence-electron chi connectivity index (χ1n) is 7.17. The molecule has 0 aromatic carbocycles. The number of anilines is 1. The Labute approximate surface area is 145 Å². The number of nitrogens with one attached hydrogen (secondary N) is 1. The van der Waals surface area contributed by atoms with Crippen LogP contribution in [0.2, 0.25) is 0 Å². The van der Waals surface area contributed by atoms with Crippen molar-refractivity contribution < 1.29 is 4.79 Å². The molecule has 0 aliphatic carbocycles. The van der Waals surface area contributed by atoms with E-state index < -0.39 is 5.41 Å². The van der Waals surface area contributed by atoms with E-state index in [9.17, 15) is 4.79 Å². The zero-order chi connectivity index (χ0) is 15.2. The molecule has 0 aliphatic rings. The molecule has 0 aliphatic heterocycles. The Balaban J connectivity index is 0. The number of hydrogen-bond donors (Lipinski definition) is 2. The molecule has 8 heteroatoms. The van der Waals surface area contributed by atoms with Crippen molar-refractivity contribution in [1.82, 2.24) is 14.7 Å². The molecule has 0 unspecified atom stereocenters. The first-order valence-corrected chi connectivity index (χ1v) is 7.17. The molecule has 0 saturated carbocycles. The van der Waals surface area contributed by atoms with Gasteiger partial charge in [0.15, 0.2) is 5.82 Å². The standard InChI is InChI=1S/C14H27N5O.2ClH/c1-5-14(6-2,11-15)13(20)16-12-7-8-19(17-12)10-9-18(3)4;;/h7-8H,5-6,9-11,15H2,1-4H3,(H,16,17,20);2*1H. The van der Waals surface area contributed by atoms with Gasteiger partial charge >= 0.3 is 0 Å². The Hall–Kier alpha value is -0.820. The lowest BCUT2D eigenvalue weighted by atomic mass is 9.81. The third-order valence-electron chi connectivity index (χ3n) is 3.88. The predicted molar refractivity (Wildman–Crippen MR) is 96.0 cm³/mol. The van der Waals surface area contributed by atoms with Crippen molar-refractivity contribution >= 4 is 36.5 Å². The van der Waals surface area contributed by atoms with E-state index in [1.165, 1.54) is 0 Å². The molecule has 6 nitrogen and oxygen atoms in total. The van der Waals surface area contributed by atoms with E-state index in [1.54, 1.807) is 0 Å². The van der Waals surface area contributed by atoms with Gasteiger partial charge in [-0.2, -0.15) is 5.10 Å². The highest BCUT2D eigenvalue weighted by atomic mass is 35.5. The molecule has 1 aromatic heterocycles. The topological polar surface area (TPSA) is 76.2 Å². The number of carbonyl (C=O) groups is 1. The van der Waals surface area contributed by atoms with Gasteiger partial charge in [-0.15, -0.1) is 24.8 Å². The summed E-state index contributed by atoms with van der Waals surface area (Å²) in [5.74, 6) is 0.552. The van der Waals surface area contributed by atoms with Crippen LogP contribution in [0.1, 0.15) is 26.7 Å². The van der Waals surface area contributed by atoms with Gasteiger partial charge in [0, 0.05) is 25.4 Å². The second-order valence-corrected chi connectivity index (χ2v) is 5.41. The van der Waals surface area contributed by atoms with Gasteiger partial charge < -0.3 is 16.0 Å². The van der Waals surface area contributed by atoms with Crippen LogP contribution < -0.4 is 11.1 Å². The van der Waals surface area contributed by atoms with Crippen LogP contribution in [0.25, 0.3) is 0 Å². The first kappa shape index (κ1) is 23.4. The Morgan fingerprint density at radius 3 is 2.41 bits per heavy atom. The zero-order valence-electron chi connectivity index (χ0n) is 13.8. The van der Waals surface area contributed by atoms with E-state index in [2.05, 4.69) is 15.3 Å². The molecular formula is C14H29Cl2N5O. The maximum atomic E-state index is 12.4. The maximum Gasteiger partial charge on any atom is 0.233 e. The minimum absolute atomic E-state index is 0. The number of hydrogen-bond acceptors (Lipinski definition) is 4. The largest absolute Gasteiger partial charge is 0.329 e. The van der Waals surface area contributed by atoms with Crippen LogP contribution in [-0.2, 0) is 11.3 Å². The maximum absolute atomic E-state index is 12.4. The molecule has 1 heterocycles. The number of aromatic nitrogens is 2. The van der Waals surface area contributed by atoms with E-state index in [-0.39, 0.29) is 30.7 Å². The van der Waals surface area contributed by atoms with E-state index in [0.29, 0.717) is 12.4 Å². The van der Waals surface area contributed by atoms with Gasteiger partial charge in [0.2, 0.25) is 5.91 Å². The van der Waals surface area contributed by atoms with Gasteiger partial charge in [-0.1, -0.05) is 13.8 Å². The summed E-state index contributed by atoms with van der Waals surface area (Å²) in [6, 6.07) is 1.82. The molecule has 0 radical (unpaired) electrons. The summed E-state index contributed by atoms with van der Waals surface area (Å²) >= 11 is 0. The van der Waals surface area contributed by atoms with Gasteiger partial charge in [0.1, 0.15) is 0 Å². The van der Waals surface area contributed by atoms with Crippen molar-refractivity contribution in [1.29, 1.82) is 0 Å². The van der Waals surface area contributed by atoms with E-state index in [4.69, 9.17) is 5.73 Å². The van der Waals surface area contributed by atoms with Crippen LogP contribution in [-0.4, -0.2) is 47.8 Å². The normalized spacial score (nSPS) is 10.8. The lowest BCUT2D eigenvalue weighted by molar-refractivity contribution is -0.125. The van der Waals surface area contributed by atoms with Crippen molar-refractivity contribution in [2.45, 2.75) is 33.2 Å². The van der Waals surface area contributed by atoms with Gasteiger partial charge in [0.25, 0.3) is 0 Å². The molecule has 0 fully saturated rings. The lowest BCUT2D eigenvalue weighted by Gasteiger charge is -2.27. The molecule has 0 atom stereocenters. The quantitative estimate of drug-likeness (QED) is 0.749. The smallest absolute Gasteiger partial charge is 0.233 e. The summed E-state index contributed by atoms with van der Waals surface area (Å²) in [6.07, 6.45) is 3.33. The van der Waals surface area contributed by atoms with Crippen LogP contribution >= 0.6 is 24.8 Å². The fourth-order valence-corrected chi connectivity index (χ4v) is 2.06. The van der Waals surface area contributed by atoms with E-state index in [1.807, 2.05) is 44.9 Å². The highest BCUT2D eigenvalue weighted by Crippen LogP contribution is 2.26. The van der Waals surface area contributed by atoms with Crippen LogP contribution in [0.3, 0.4) is 0 Å². The SMILES string of the molecule is CCC(CC)(CN)C(=O)Nc1ccn(CCN(C)C)n1.Cl.Cl. The van der Waals surface area contributed by atoms with Crippen LogP contribution in [0.5, 0.6) is 0 Å². The number of rotatable bonds is 8. The van der Waals surface area contributed by atoms with Crippen LogP contribution in [0.4, 0.5) is 5.82 Å². The molecule has 0 spiro atoms. The number of halogens is 2. The monoisotopic (exact) mass is 353 g/mol. The van der Waals surface area contributed by atoms with Gasteiger partial charge in [-0.05, 0) is 26.9 Å². The highest BCUT2D eigenvalue weighted by molar-refractivity contribution is 5.94. The second kappa shape index (κ2) is 10.8. The third-order valence-corrected chi connectivity index (χ3v) is 3.88. The van der Waals surface area contributed by atoms with Crippen molar-refractivity contribution in [2.24, 2.45) is 11.1 Å². The summed E-state index contributed by atoms with van der Waals surface area (Å²) in [4.78, 5) is 14.4. The fraction of sp³-hybridized carbons (Fsp3) is 0.714. The van der Waals surface area contributed by atoms with Gasteiger partial charge in [-0.25, -0.2) is 0 Å². The number of nitrogens with two attached hydrogens (primary N) is 1. The van der Waals surface area contributed by atoms with Crippen LogP contribution in [0, 0.1) is 5.41 Å². The molecule has 1 aromatic rings. The molecule has 0 saturated heterocycles. The third kappa shape index (κ3) is 6.12. The zero-order valence-corrected chi connectivity index (χ0v) is 15.5. The van der Waals surface area contributed by atoms with E-state index >= 15 is 0 Å². The Morgan fingerprint density at radius 1 is 1.36 bits per heavy atom. The molecule has 1 amide bonds. The Morgan fingerprint density at radius 2 is 1.95 bits per heavy atom. The summed E-state index contributed by atoms with van der Waals surface area (Å²) in [6.45, 7) is 6.04. The van der Waals surface area contributed by atoms with Gasteiger partial charge in [-0.3, -0.25) is 9.48 Å². The predicted octanol–water partition coefficient (Wildman–Crippen LogP) is 1.99. The minimum atomic E-state index is -0.493. The Kier molecular flexibility index (Phi) is 11.5. The summed E-state index contributed by atoms with van der Waals surface area (Å²) in [5, 5.41) is 7.23. The minimum Gasteiger partial charge on any atom is -0.329 e. The molecule has 1 rings (SSSR count). The summed E-state index contributed by atoms with van der Waals surface area (Å²) in [5.41, 5.74) is 5.28. The van der Waals surface area contributed by atoms with Crippen molar-refractivity contribution in [2.75, 3.05) is 32.5 Å².